The van der Waals surface area contributed by atoms with E-state index in [1.165, 1.54) is 32.5 Å². The lowest BCUT2D eigenvalue weighted by Gasteiger charge is -2.34. The number of anilines is 1. The van der Waals surface area contributed by atoms with Crippen LogP contribution in [0.3, 0.4) is 0 Å². The highest BCUT2D eigenvalue weighted by Gasteiger charge is 2.22. The zero-order valence-corrected chi connectivity index (χ0v) is 14.0. The summed E-state index contributed by atoms with van der Waals surface area (Å²) in [4.78, 5) is 9.19. The topological polar surface area (TPSA) is 45.4 Å². The van der Waals surface area contributed by atoms with E-state index in [-0.39, 0.29) is 0 Å². The molecular weight excluding hydrogens is 264 g/mol. The van der Waals surface area contributed by atoms with Gasteiger partial charge >= 0.3 is 0 Å². The molecule has 0 atom stereocenters. The highest BCUT2D eigenvalue weighted by atomic mass is 16.5. The lowest BCUT2D eigenvalue weighted by molar-refractivity contribution is 0.170. The molecule has 0 radical (unpaired) electrons. The SMILES string of the molecule is CCCc1nc(N(C)CC2CCN(CC(C)C)CC2)no1. The van der Waals surface area contributed by atoms with Gasteiger partial charge in [0, 0.05) is 26.6 Å². The molecular formula is C16H30N4O. The number of hydrogen-bond donors (Lipinski definition) is 0. The van der Waals surface area contributed by atoms with Gasteiger partial charge in [-0.25, -0.2) is 0 Å². The van der Waals surface area contributed by atoms with Crippen LogP contribution in [0.4, 0.5) is 5.95 Å². The first kappa shape index (κ1) is 16.3. The van der Waals surface area contributed by atoms with Crippen LogP contribution < -0.4 is 4.90 Å². The molecule has 0 spiro atoms. The standard InChI is InChI=1S/C16H30N4O/c1-5-6-15-17-16(18-21-15)19(4)12-14-7-9-20(10-8-14)11-13(2)3/h13-14H,5-12H2,1-4H3. The molecule has 1 fully saturated rings. The van der Waals surface area contributed by atoms with Crippen molar-refractivity contribution < 1.29 is 4.52 Å². The second kappa shape index (κ2) is 7.78. The van der Waals surface area contributed by atoms with Crippen molar-refractivity contribution in [2.24, 2.45) is 11.8 Å². The van der Waals surface area contributed by atoms with Crippen LogP contribution in [0.25, 0.3) is 0 Å². The number of rotatable bonds is 7. The van der Waals surface area contributed by atoms with Crippen molar-refractivity contribution in [1.29, 1.82) is 0 Å². The third kappa shape index (κ3) is 4.99. The minimum Gasteiger partial charge on any atom is -0.341 e. The Kier molecular flexibility index (Phi) is 6.03. The Hall–Kier alpha value is -1.10. The predicted octanol–water partition coefficient (Wildman–Crippen LogP) is 2.83. The van der Waals surface area contributed by atoms with Crippen LogP contribution in [0.15, 0.2) is 4.52 Å². The van der Waals surface area contributed by atoms with E-state index in [0.717, 1.165) is 43.1 Å². The summed E-state index contributed by atoms with van der Waals surface area (Å²) in [5.41, 5.74) is 0. The lowest BCUT2D eigenvalue weighted by Crippen LogP contribution is -2.39. The monoisotopic (exact) mass is 294 g/mol. The van der Waals surface area contributed by atoms with Crippen molar-refractivity contribution in [1.82, 2.24) is 15.0 Å². The summed E-state index contributed by atoms with van der Waals surface area (Å²) in [5, 5.41) is 4.08. The molecule has 1 aliphatic heterocycles. The fourth-order valence-electron chi connectivity index (χ4n) is 3.05. The van der Waals surface area contributed by atoms with Gasteiger partial charge in [0.15, 0.2) is 0 Å². The minimum absolute atomic E-state index is 0.739. The average molecular weight is 294 g/mol. The average Bonchev–Trinajstić information content (AvgIpc) is 2.89. The number of nitrogens with zero attached hydrogens (tertiary/aromatic N) is 4. The van der Waals surface area contributed by atoms with Crippen LogP contribution in [0.1, 0.15) is 45.9 Å². The summed E-state index contributed by atoms with van der Waals surface area (Å²) < 4.78 is 5.27. The van der Waals surface area contributed by atoms with Crippen LogP contribution in [-0.4, -0.2) is 48.3 Å². The van der Waals surface area contributed by atoms with Gasteiger partial charge < -0.3 is 14.3 Å². The lowest BCUT2D eigenvalue weighted by atomic mass is 9.96. The van der Waals surface area contributed by atoms with E-state index in [1.807, 2.05) is 0 Å². The fraction of sp³-hybridized carbons (Fsp3) is 0.875. The second-order valence-electron chi connectivity index (χ2n) is 6.76. The van der Waals surface area contributed by atoms with Gasteiger partial charge in [-0.2, -0.15) is 4.98 Å². The van der Waals surface area contributed by atoms with Gasteiger partial charge in [0.2, 0.25) is 5.89 Å². The first-order valence-corrected chi connectivity index (χ1v) is 8.34. The molecule has 2 heterocycles. The normalized spacial score (nSPS) is 17.6. The summed E-state index contributed by atoms with van der Waals surface area (Å²) in [7, 11) is 2.07. The molecule has 120 valence electrons. The predicted molar refractivity (Wildman–Crippen MR) is 85.6 cm³/mol. The van der Waals surface area contributed by atoms with E-state index in [0.29, 0.717) is 0 Å². The zero-order chi connectivity index (χ0) is 15.2. The second-order valence-corrected chi connectivity index (χ2v) is 6.76. The van der Waals surface area contributed by atoms with Gasteiger partial charge in [-0.3, -0.25) is 0 Å². The van der Waals surface area contributed by atoms with Crippen molar-refractivity contribution in [2.45, 2.75) is 46.5 Å². The fourth-order valence-corrected chi connectivity index (χ4v) is 3.05. The molecule has 21 heavy (non-hydrogen) atoms. The maximum Gasteiger partial charge on any atom is 0.265 e. The molecule has 0 amide bonds. The van der Waals surface area contributed by atoms with Crippen molar-refractivity contribution in [3.8, 4) is 0 Å². The highest BCUT2D eigenvalue weighted by Crippen LogP contribution is 2.20. The number of aromatic nitrogens is 2. The molecule has 0 unspecified atom stereocenters. The maximum atomic E-state index is 5.27. The molecule has 1 aromatic heterocycles. The van der Waals surface area contributed by atoms with Crippen LogP contribution in [0.5, 0.6) is 0 Å². The van der Waals surface area contributed by atoms with E-state index >= 15 is 0 Å². The molecule has 1 saturated heterocycles. The Morgan fingerprint density at radius 3 is 2.67 bits per heavy atom. The smallest absolute Gasteiger partial charge is 0.265 e. The molecule has 0 aromatic carbocycles. The largest absolute Gasteiger partial charge is 0.341 e. The van der Waals surface area contributed by atoms with Gasteiger partial charge in [0.25, 0.3) is 5.95 Å². The van der Waals surface area contributed by atoms with Crippen molar-refractivity contribution >= 4 is 5.95 Å². The molecule has 5 nitrogen and oxygen atoms in total. The van der Waals surface area contributed by atoms with Crippen LogP contribution in [0.2, 0.25) is 0 Å². The quantitative estimate of drug-likeness (QED) is 0.774. The molecule has 1 aliphatic rings. The van der Waals surface area contributed by atoms with E-state index in [4.69, 9.17) is 4.52 Å². The number of hydrogen-bond acceptors (Lipinski definition) is 5. The highest BCUT2D eigenvalue weighted by molar-refractivity contribution is 5.25. The van der Waals surface area contributed by atoms with Crippen LogP contribution >= 0.6 is 0 Å². The summed E-state index contributed by atoms with van der Waals surface area (Å²) in [5.74, 6) is 3.00. The first-order chi connectivity index (χ1) is 10.1. The Balaban J connectivity index is 1.77. The van der Waals surface area contributed by atoms with Gasteiger partial charge in [-0.15, -0.1) is 0 Å². The van der Waals surface area contributed by atoms with E-state index < -0.39 is 0 Å². The van der Waals surface area contributed by atoms with Crippen molar-refractivity contribution in [3.63, 3.8) is 0 Å². The van der Waals surface area contributed by atoms with E-state index in [1.54, 1.807) is 0 Å². The minimum atomic E-state index is 0.739. The maximum absolute atomic E-state index is 5.27. The van der Waals surface area contributed by atoms with Crippen molar-refractivity contribution in [3.05, 3.63) is 5.89 Å². The van der Waals surface area contributed by atoms with Crippen molar-refractivity contribution in [2.75, 3.05) is 38.1 Å². The summed E-state index contributed by atoms with van der Waals surface area (Å²) in [6, 6.07) is 0. The summed E-state index contributed by atoms with van der Waals surface area (Å²) in [6.45, 7) is 11.4. The summed E-state index contributed by atoms with van der Waals surface area (Å²) >= 11 is 0. The molecule has 5 heteroatoms. The number of piperidine rings is 1. The molecule has 0 bridgehead atoms. The molecule has 0 saturated carbocycles. The molecule has 1 aromatic rings. The molecule has 0 aliphatic carbocycles. The molecule has 0 N–H and O–H groups in total. The Morgan fingerprint density at radius 1 is 1.33 bits per heavy atom. The third-order valence-electron chi connectivity index (χ3n) is 4.13. The first-order valence-electron chi connectivity index (χ1n) is 8.34. The van der Waals surface area contributed by atoms with Gasteiger partial charge in [-0.1, -0.05) is 20.8 Å². The Bertz CT molecular complexity index is 410. The zero-order valence-electron chi connectivity index (χ0n) is 14.0. The third-order valence-corrected chi connectivity index (χ3v) is 4.13. The van der Waals surface area contributed by atoms with E-state index in [9.17, 15) is 0 Å². The number of likely N-dealkylation sites (tertiary alicyclic amines) is 1. The molecule has 2 rings (SSSR count). The van der Waals surface area contributed by atoms with E-state index in [2.05, 4.69) is 47.8 Å². The van der Waals surface area contributed by atoms with Gasteiger partial charge in [-0.05, 0) is 49.3 Å². The Labute approximate surface area is 128 Å². The summed E-state index contributed by atoms with van der Waals surface area (Å²) in [6.07, 6.45) is 4.46. The Morgan fingerprint density at radius 2 is 2.05 bits per heavy atom. The van der Waals surface area contributed by atoms with Gasteiger partial charge in [0.05, 0.1) is 0 Å². The van der Waals surface area contributed by atoms with Gasteiger partial charge in [0.1, 0.15) is 0 Å². The van der Waals surface area contributed by atoms with Crippen LogP contribution in [-0.2, 0) is 6.42 Å². The number of aryl methyl sites for hydroxylation is 1. The van der Waals surface area contributed by atoms with Crippen LogP contribution in [0, 0.1) is 11.8 Å².